The van der Waals surface area contributed by atoms with Crippen LogP contribution in [0.25, 0.3) is 21.3 Å². The molecular formula is C24H21FN2O3S. The molecule has 0 radical (unpaired) electrons. The molecule has 2 aromatic carbocycles. The molecule has 0 aliphatic rings. The third-order valence-corrected chi connectivity index (χ3v) is 6.27. The van der Waals surface area contributed by atoms with E-state index in [4.69, 9.17) is 0 Å². The van der Waals surface area contributed by atoms with Gasteiger partial charge >= 0.3 is 5.97 Å². The smallest absolute Gasteiger partial charge is 0.326 e. The molecule has 0 aliphatic carbocycles. The highest BCUT2D eigenvalue weighted by Gasteiger charge is 2.25. The van der Waals surface area contributed by atoms with Gasteiger partial charge in [0.05, 0.1) is 5.39 Å². The molecule has 158 valence electrons. The van der Waals surface area contributed by atoms with E-state index in [0.29, 0.717) is 33.6 Å². The van der Waals surface area contributed by atoms with Gasteiger partial charge in [-0.2, -0.15) is 0 Å². The normalized spacial score (nSPS) is 12.2. The molecule has 2 heterocycles. The molecule has 31 heavy (non-hydrogen) atoms. The summed E-state index contributed by atoms with van der Waals surface area (Å²) in [5.74, 6) is -1.07. The van der Waals surface area contributed by atoms with Crippen LogP contribution in [-0.2, 0) is 11.2 Å². The average Bonchev–Trinajstić information content (AvgIpc) is 3.15. The maximum absolute atomic E-state index is 13.5. The van der Waals surface area contributed by atoms with Crippen molar-refractivity contribution in [1.82, 2.24) is 9.55 Å². The van der Waals surface area contributed by atoms with Gasteiger partial charge in [0, 0.05) is 10.9 Å². The van der Waals surface area contributed by atoms with Gasteiger partial charge in [-0.05, 0) is 49.9 Å². The van der Waals surface area contributed by atoms with E-state index in [2.05, 4.69) is 4.98 Å². The van der Waals surface area contributed by atoms with Crippen LogP contribution >= 0.6 is 11.3 Å². The number of aromatic nitrogens is 2. The lowest BCUT2D eigenvalue weighted by Crippen LogP contribution is -2.32. The fourth-order valence-electron chi connectivity index (χ4n) is 3.74. The third kappa shape index (κ3) is 4.14. The number of hydrogen-bond donors (Lipinski definition) is 1. The number of hydrogen-bond acceptors (Lipinski definition) is 4. The molecule has 1 N–H and O–H groups in total. The second kappa shape index (κ2) is 8.43. The Balaban J connectivity index is 1.78. The van der Waals surface area contributed by atoms with E-state index < -0.39 is 12.0 Å². The Kier molecular flexibility index (Phi) is 5.69. The van der Waals surface area contributed by atoms with Crippen molar-refractivity contribution in [2.24, 2.45) is 0 Å². The number of benzene rings is 2. The van der Waals surface area contributed by atoms with Crippen molar-refractivity contribution in [3.63, 3.8) is 0 Å². The first kappa shape index (κ1) is 20.9. The SMILES string of the molecule is Cc1ccc(CCC(C(=O)O)n2c(C)nc3scc(-c4ccc(F)cc4)c3c2=O)cc1. The predicted octanol–water partition coefficient (Wildman–Crippen LogP) is 5.14. The van der Waals surface area contributed by atoms with Crippen LogP contribution in [0.4, 0.5) is 4.39 Å². The number of carboxylic acid groups (broad SMARTS) is 1. The van der Waals surface area contributed by atoms with Crippen LogP contribution in [-0.4, -0.2) is 20.6 Å². The molecular weight excluding hydrogens is 415 g/mol. The Morgan fingerprint density at radius 3 is 2.45 bits per heavy atom. The summed E-state index contributed by atoms with van der Waals surface area (Å²) >= 11 is 1.32. The van der Waals surface area contributed by atoms with Gasteiger partial charge < -0.3 is 5.11 Å². The Labute approximate surface area is 182 Å². The summed E-state index contributed by atoms with van der Waals surface area (Å²) in [4.78, 5) is 30.6. The van der Waals surface area contributed by atoms with Crippen LogP contribution in [0, 0.1) is 19.7 Å². The van der Waals surface area contributed by atoms with Crippen LogP contribution in [0.15, 0.2) is 58.7 Å². The molecule has 0 saturated heterocycles. The third-order valence-electron chi connectivity index (χ3n) is 5.40. The highest BCUT2D eigenvalue weighted by Crippen LogP contribution is 2.32. The number of nitrogens with zero attached hydrogens (tertiary/aromatic N) is 2. The predicted molar refractivity (Wildman–Crippen MR) is 120 cm³/mol. The molecule has 0 saturated carbocycles. The van der Waals surface area contributed by atoms with Crippen LogP contribution in [0.2, 0.25) is 0 Å². The number of thiophene rings is 1. The summed E-state index contributed by atoms with van der Waals surface area (Å²) in [6, 6.07) is 12.7. The van der Waals surface area contributed by atoms with E-state index in [1.165, 1.54) is 28.0 Å². The summed E-state index contributed by atoms with van der Waals surface area (Å²) in [5.41, 5.74) is 3.08. The van der Waals surface area contributed by atoms with Gasteiger partial charge in [0.2, 0.25) is 0 Å². The summed E-state index contributed by atoms with van der Waals surface area (Å²) < 4.78 is 14.6. The first-order valence-corrected chi connectivity index (χ1v) is 10.8. The highest BCUT2D eigenvalue weighted by molar-refractivity contribution is 7.17. The van der Waals surface area contributed by atoms with Crippen molar-refractivity contribution in [2.75, 3.05) is 0 Å². The topological polar surface area (TPSA) is 72.2 Å². The number of rotatable bonds is 6. The number of aliphatic carboxylic acids is 1. The molecule has 2 aromatic heterocycles. The van der Waals surface area contributed by atoms with Crippen LogP contribution in [0.5, 0.6) is 0 Å². The average molecular weight is 437 g/mol. The Morgan fingerprint density at radius 2 is 1.81 bits per heavy atom. The van der Waals surface area contributed by atoms with Crippen molar-refractivity contribution in [3.8, 4) is 11.1 Å². The first-order chi connectivity index (χ1) is 14.8. The van der Waals surface area contributed by atoms with Crippen molar-refractivity contribution in [2.45, 2.75) is 32.7 Å². The zero-order valence-corrected chi connectivity index (χ0v) is 17.9. The minimum absolute atomic E-state index is 0.266. The van der Waals surface area contributed by atoms with Gasteiger partial charge in [0.15, 0.2) is 0 Å². The second-order valence-corrected chi connectivity index (χ2v) is 8.41. The fraction of sp³-hybridized carbons (Fsp3) is 0.208. The lowest BCUT2D eigenvalue weighted by Gasteiger charge is -2.18. The number of halogens is 1. The Hall–Kier alpha value is -3.32. The minimum atomic E-state index is -1.07. The maximum Gasteiger partial charge on any atom is 0.326 e. The standard InChI is InChI=1S/C24H21FN2O3S/c1-14-3-5-16(6-4-14)7-12-20(24(29)30)27-15(2)26-22-21(23(27)28)19(13-31-22)17-8-10-18(25)11-9-17/h3-6,8-11,13,20H,7,12H2,1-2H3,(H,29,30). The van der Waals surface area contributed by atoms with Crippen LogP contribution in [0.1, 0.15) is 29.4 Å². The molecule has 0 fully saturated rings. The first-order valence-electron chi connectivity index (χ1n) is 9.90. The molecule has 7 heteroatoms. The van der Waals surface area contributed by atoms with E-state index in [0.717, 1.165) is 11.1 Å². The van der Waals surface area contributed by atoms with Crippen LogP contribution < -0.4 is 5.56 Å². The van der Waals surface area contributed by atoms with Gasteiger partial charge in [0.25, 0.3) is 5.56 Å². The molecule has 0 spiro atoms. The molecule has 0 bridgehead atoms. The number of carbonyl (C=O) groups is 1. The molecule has 5 nitrogen and oxygen atoms in total. The van der Waals surface area contributed by atoms with Gasteiger partial charge in [0.1, 0.15) is 22.5 Å². The lowest BCUT2D eigenvalue weighted by atomic mass is 10.0. The molecule has 4 aromatic rings. The molecule has 0 aliphatic heterocycles. The number of carboxylic acids is 1. The van der Waals surface area contributed by atoms with Crippen molar-refractivity contribution < 1.29 is 14.3 Å². The van der Waals surface area contributed by atoms with E-state index in [1.807, 2.05) is 31.2 Å². The van der Waals surface area contributed by atoms with Gasteiger partial charge in [-0.3, -0.25) is 9.36 Å². The van der Waals surface area contributed by atoms with Gasteiger partial charge in [-0.1, -0.05) is 42.0 Å². The fourth-order valence-corrected chi connectivity index (χ4v) is 4.72. The lowest BCUT2D eigenvalue weighted by molar-refractivity contribution is -0.141. The summed E-state index contributed by atoms with van der Waals surface area (Å²) in [6.07, 6.45) is 0.790. The summed E-state index contributed by atoms with van der Waals surface area (Å²) in [7, 11) is 0. The minimum Gasteiger partial charge on any atom is -0.480 e. The van der Waals surface area contributed by atoms with Gasteiger partial charge in [-0.25, -0.2) is 14.2 Å². The monoisotopic (exact) mass is 436 g/mol. The van der Waals surface area contributed by atoms with Crippen molar-refractivity contribution in [3.05, 3.63) is 87.0 Å². The number of aryl methyl sites for hydroxylation is 3. The van der Waals surface area contributed by atoms with Gasteiger partial charge in [-0.15, -0.1) is 11.3 Å². The molecule has 0 amide bonds. The molecule has 1 unspecified atom stereocenters. The number of fused-ring (bicyclic) bond motifs is 1. The zero-order valence-electron chi connectivity index (χ0n) is 17.1. The zero-order chi connectivity index (χ0) is 22.1. The largest absolute Gasteiger partial charge is 0.480 e. The summed E-state index contributed by atoms with van der Waals surface area (Å²) in [6.45, 7) is 3.65. The van der Waals surface area contributed by atoms with Crippen LogP contribution in [0.3, 0.4) is 0 Å². The second-order valence-electron chi connectivity index (χ2n) is 7.55. The highest BCUT2D eigenvalue weighted by atomic mass is 32.1. The Morgan fingerprint density at radius 1 is 1.13 bits per heavy atom. The van der Waals surface area contributed by atoms with E-state index in [-0.39, 0.29) is 17.8 Å². The van der Waals surface area contributed by atoms with Crippen molar-refractivity contribution >= 4 is 27.5 Å². The quantitative estimate of drug-likeness (QED) is 0.454. The maximum atomic E-state index is 13.5. The van der Waals surface area contributed by atoms with Crippen molar-refractivity contribution in [1.29, 1.82) is 0 Å². The Bertz CT molecular complexity index is 1310. The molecule has 4 rings (SSSR count). The van der Waals surface area contributed by atoms with E-state index >= 15 is 0 Å². The van der Waals surface area contributed by atoms with E-state index in [1.54, 1.807) is 24.4 Å². The van der Waals surface area contributed by atoms with E-state index in [9.17, 15) is 19.1 Å². The summed E-state index contributed by atoms with van der Waals surface area (Å²) in [5, 5.41) is 12.1. The molecule has 1 atom stereocenters.